The average Bonchev–Trinajstić information content (AvgIpc) is 2.53. The molecule has 0 aliphatic carbocycles. The number of aromatic nitrogens is 1. The molecule has 3 nitrogen and oxygen atoms in total. The Morgan fingerprint density at radius 2 is 2.42 bits per heavy atom. The number of carbonyl (C=O) groups excluding carboxylic acids is 1. The van der Waals surface area contributed by atoms with Crippen LogP contribution >= 0.6 is 22.9 Å². The zero-order chi connectivity index (χ0) is 9.14. The molecule has 0 saturated heterocycles. The molecule has 12 heavy (non-hydrogen) atoms. The SMILES string of the molecule is CN(C)C(=O)C(Cl)c1nccs1. The first-order valence-corrected chi connectivity index (χ1v) is 4.69. The Hall–Kier alpha value is -0.610. The van der Waals surface area contributed by atoms with E-state index >= 15 is 0 Å². The molecule has 0 aromatic carbocycles. The third-order valence-corrected chi connectivity index (χ3v) is 2.69. The minimum atomic E-state index is -0.639. The third-order valence-electron chi connectivity index (χ3n) is 1.33. The summed E-state index contributed by atoms with van der Waals surface area (Å²) in [6.07, 6.45) is 1.64. The van der Waals surface area contributed by atoms with Gasteiger partial charge < -0.3 is 4.90 Å². The number of carbonyl (C=O) groups is 1. The molecule has 1 aromatic rings. The molecule has 1 atom stereocenters. The second-order valence-electron chi connectivity index (χ2n) is 2.47. The predicted molar refractivity (Wildman–Crippen MR) is 49.4 cm³/mol. The molecule has 5 heteroatoms. The molecule has 1 unspecified atom stereocenters. The molecule has 0 spiro atoms. The summed E-state index contributed by atoms with van der Waals surface area (Å²) in [6.45, 7) is 0. The third kappa shape index (κ3) is 1.95. The van der Waals surface area contributed by atoms with E-state index in [1.54, 1.807) is 25.7 Å². The molecule has 1 aromatic heterocycles. The van der Waals surface area contributed by atoms with Gasteiger partial charge in [-0.2, -0.15) is 0 Å². The van der Waals surface area contributed by atoms with Crippen molar-refractivity contribution < 1.29 is 4.79 Å². The van der Waals surface area contributed by atoms with E-state index in [2.05, 4.69) is 4.98 Å². The maximum atomic E-state index is 11.3. The Bertz CT molecular complexity index is 260. The second kappa shape index (κ2) is 3.87. The van der Waals surface area contributed by atoms with Gasteiger partial charge in [0.05, 0.1) is 0 Å². The number of nitrogens with zero attached hydrogens (tertiary/aromatic N) is 2. The zero-order valence-corrected chi connectivity index (χ0v) is 8.39. The average molecular weight is 205 g/mol. The van der Waals surface area contributed by atoms with E-state index in [1.165, 1.54) is 16.2 Å². The minimum Gasteiger partial charge on any atom is -0.347 e. The summed E-state index contributed by atoms with van der Waals surface area (Å²) < 4.78 is 0. The fourth-order valence-corrected chi connectivity index (χ4v) is 1.70. The van der Waals surface area contributed by atoms with Crippen molar-refractivity contribution in [1.29, 1.82) is 0 Å². The van der Waals surface area contributed by atoms with E-state index < -0.39 is 5.38 Å². The van der Waals surface area contributed by atoms with Gasteiger partial charge in [-0.25, -0.2) is 4.98 Å². The number of likely N-dealkylation sites (N-methyl/N-ethyl adjacent to an activating group) is 1. The van der Waals surface area contributed by atoms with Gasteiger partial charge in [-0.1, -0.05) is 0 Å². The van der Waals surface area contributed by atoms with Crippen molar-refractivity contribution in [3.8, 4) is 0 Å². The minimum absolute atomic E-state index is 0.133. The van der Waals surface area contributed by atoms with Crippen molar-refractivity contribution in [2.75, 3.05) is 14.1 Å². The van der Waals surface area contributed by atoms with E-state index in [4.69, 9.17) is 11.6 Å². The smallest absolute Gasteiger partial charge is 0.247 e. The van der Waals surface area contributed by atoms with E-state index in [0.29, 0.717) is 5.01 Å². The molecule has 1 rings (SSSR count). The molecule has 0 saturated carbocycles. The first-order valence-electron chi connectivity index (χ1n) is 3.37. The summed E-state index contributed by atoms with van der Waals surface area (Å²) >= 11 is 7.24. The molecule has 0 radical (unpaired) electrons. The Kier molecular flexibility index (Phi) is 3.05. The van der Waals surface area contributed by atoms with Gasteiger partial charge in [0.2, 0.25) is 5.91 Å². The van der Waals surface area contributed by atoms with Crippen LogP contribution in [-0.4, -0.2) is 29.9 Å². The van der Waals surface area contributed by atoms with Gasteiger partial charge in [-0.15, -0.1) is 22.9 Å². The monoisotopic (exact) mass is 204 g/mol. The van der Waals surface area contributed by atoms with Crippen LogP contribution in [0.4, 0.5) is 0 Å². The van der Waals surface area contributed by atoms with Crippen LogP contribution in [-0.2, 0) is 4.79 Å². The molecule has 0 fully saturated rings. The molecule has 1 heterocycles. The van der Waals surface area contributed by atoms with Crippen LogP contribution in [0.5, 0.6) is 0 Å². The second-order valence-corrected chi connectivity index (χ2v) is 3.83. The topological polar surface area (TPSA) is 33.2 Å². The quantitative estimate of drug-likeness (QED) is 0.685. The van der Waals surface area contributed by atoms with Crippen molar-refractivity contribution in [3.63, 3.8) is 0 Å². The first-order chi connectivity index (χ1) is 5.63. The zero-order valence-electron chi connectivity index (χ0n) is 6.82. The first kappa shape index (κ1) is 9.48. The van der Waals surface area contributed by atoms with Crippen molar-refractivity contribution in [2.24, 2.45) is 0 Å². The molecule has 1 amide bonds. The molecule has 0 N–H and O–H groups in total. The largest absolute Gasteiger partial charge is 0.347 e. The Labute approximate surface area is 80.0 Å². The summed E-state index contributed by atoms with van der Waals surface area (Å²) in [6, 6.07) is 0. The van der Waals surface area contributed by atoms with Gasteiger partial charge in [-0.3, -0.25) is 4.79 Å². The van der Waals surface area contributed by atoms with Crippen molar-refractivity contribution in [1.82, 2.24) is 9.88 Å². The van der Waals surface area contributed by atoms with Crippen LogP contribution < -0.4 is 0 Å². The number of halogens is 1. The van der Waals surface area contributed by atoms with Crippen LogP contribution in [0.15, 0.2) is 11.6 Å². The molecular formula is C7H9ClN2OS. The summed E-state index contributed by atoms with van der Waals surface area (Å²) in [7, 11) is 3.34. The van der Waals surface area contributed by atoms with Crippen molar-refractivity contribution in [2.45, 2.75) is 5.38 Å². The maximum absolute atomic E-state index is 11.3. The summed E-state index contributed by atoms with van der Waals surface area (Å²) in [5.41, 5.74) is 0. The fraction of sp³-hybridized carbons (Fsp3) is 0.429. The van der Waals surface area contributed by atoms with Crippen LogP contribution in [0.3, 0.4) is 0 Å². The Morgan fingerprint density at radius 3 is 2.83 bits per heavy atom. The van der Waals surface area contributed by atoms with Gasteiger partial charge in [0.15, 0.2) is 5.38 Å². The van der Waals surface area contributed by atoms with Crippen molar-refractivity contribution >= 4 is 28.8 Å². The van der Waals surface area contributed by atoms with E-state index in [-0.39, 0.29) is 5.91 Å². The lowest BCUT2D eigenvalue weighted by molar-refractivity contribution is -0.128. The van der Waals surface area contributed by atoms with Crippen molar-refractivity contribution in [3.05, 3.63) is 16.6 Å². The lowest BCUT2D eigenvalue weighted by Gasteiger charge is -2.12. The Balaban J connectivity index is 2.72. The maximum Gasteiger partial charge on any atom is 0.247 e. The standard InChI is InChI=1S/C7H9ClN2OS/c1-10(2)7(11)5(8)6-9-3-4-12-6/h3-5H,1-2H3. The fourth-order valence-electron chi connectivity index (χ4n) is 0.692. The molecule has 0 aliphatic rings. The van der Waals surface area contributed by atoms with Gasteiger partial charge in [-0.05, 0) is 0 Å². The molecule has 0 bridgehead atoms. The normalized spacial score (nSPS) is 12.6. The van der Waals surface area contributed by atoms with Crippen LogP contribution in [0, 0.1) is 0 Å². The number of rotatable bonds is 2. The Morgan fingerprint density at radius 1 is 1.75 bits per heavy atom. The summed E-state index contributed by atoms with van der Waals surface area (Å²) in [4.78, 5) is 16.7. The van der Waals surface area contributed by atoms with Gasteiger partial charge >= 0.3 is 0 Å². The van der Waals surface area contributed by atoms with E-state index in [9.17, 15) is 4.79 Å². The van der Waals surface area contributed by atoms with Crippen LogP contribution in [0.1, 0.15) is 10.4 Å². The van der Waals surface area contributed by atoms with Gasteiger partial charge in [0, 0.05) is 25.7 Å². The van der Waals surface area contributed by atoms with E-state index in [1.807, 2.05) is 0 Å². The lowest BCUT2D eigenvalue weighted by atomic mass is 10.4. The number of amides is 1. The lowest BCUT2D eigenvalue weighted by Crippen LogP contribution is -2.25. The highest BCUT2D eigenvalue weighted by molar-refractivity contribution is 7.10. The summed E-state index contributed by atoms with van der Waals surface area (Å²) in [5, 5.41) is 1.81. The number of alkyl halides is 1. The number of thiazole rings is 1. The van der Waals surface area contributed by atoms with E-state index in [0.717, 1.165) is 0 Å². The van der Waals surface area contributed by atoms with Gasteiger partial charge in [0.25, 0.3) is 0 Å². The number of hydrogen-bond acceptors (Lipinski definition) is 3. The highest BCUT2D eigenvalue weighted by Gasteiger charge is 2.21. The van der Waals surface area contributed by atoms with Crippen LogP contribution in [0.25, 0.3) is 0 Å². The van der Waals surface area contributed by atoms with Crippen LogP contribution in [0.2, 0.25) is 0 Å². The highest BCUT2D eigenvalue weighted by Crippen LogP contribution is 2.23. The summed E-state index contributed by atoms with van der Waals surface area (Å²) in [5.74, 6) is -0.133. The molecule has 0 aliphatic heterocycles. The van der Waals surface area contributed by atoms with Gasteiger partial charge in [0.1, 0.15) is 5.01 Å². The molecular weight excluding hydrogens is 196 g/mol. The number of hydrogen-bond donors (Lipinski definition) is 0. The highest BCUT2D eigenvalue weighted by atomic mass is 35.5. The molecule has 66 valence electrons. The predicted octanol–water partition coefficient (Wildman–Crippen LogP) is 1.51.